The van der Waals surface area contributed by atoms with Crippen molar-refractivity contribution in [1.82, 2.24) is 30.6 Å². The van der Waals surface area contributed by atoms with Crippen LogP contribution in [-0.4, -0.2) is 31.6 Å². The molecular formula is C16H17ClN6S. The molecule has 3 aromatic rings. The maximum Gasteiger partial charge on any atom is 0.222 e. The molecule has 6 nitrogen and oxygen atoms in total. The van der Waals surface area contributed by atoms with Crippen LogP contribution >= 0.6 is 23.8 Å². The third-order valence-electron chi connectivity index (χ3n) is 3.57. The van der Waals surface area contributed by atoms with Gasteiger partial charge in [-0.3, -0.25) is 0 Å². The first-order valence-electron chi connectivity index (χ1n) is 7.62. The van der Waals surface area contributed by atoms with Gasteiger partial charge in [0.15, 0.2) is 5.11 Å². The topological polar surface area (TPSA) is 78.5 Å². The summed E-state index contributed by atoms with van der Waals surface area (Å²) in [4.78, 5) is 15.4. The Bertz CT molecular complexity index is 834. The van der Waals surface area contributed by atoms with Gasteiger partial charge in [-0.2, -0.15) is 0 Å². The fraction of sp³-hybridized carbons (Fsp3) is 0.250. The molecule has 3 aromatic heterocycles. The van der Waals surface area contributed by atoms with Crippen LogP contribution in [-0.2, 0) is 13.0 Å². The predicted octanol–water partition coefficient (Wildman–Crippen LogP) is 2.60. The number of aromatic amines is 1. The van der Waals surface area contributed by atoms with E-state index in [0.717, 1.165) is 41.7 Å². The van der Waals surface area contributed by atoms with Crippen molar-refractivity contribution in [3.05, 3.63) is 53.3 Å². The summed E-state index contributed by atoms with van der Waals surface area (Å²) in [5.41, 5.74) is 2.97. The molecule has 3 rings (SSSR count). The highest BCUT2D eigenvalue weighted by molar-refractivity contribution is 7.80. The molecule has 0 aliphatic carbocycles. The number of H-pyrrole nitrogens is 1. The lowest BCUT2D eigenvalue weighted by atomic mass is 10.2. The van der Waals surface area contributed by atoms with Crippen LogP contribution in [0.5, 0.6) is 0 Å². The largest absolute Gasteiger partial charge is 0.363 e. The Morgan fingerprint density at radius 2 is 2.04 bits per heavy atom. The van der Waals surface area contributed by atoms with Crippen LogP contribution in [0.15, 0.2) is 36.8 Å². The minimum Gasteiger partial charge on any atom is -0.363 e. The molecule has 0 aliphatic rings. The summed E-state index contributed by atoms with van der Waals surface area (Å²) >= 11 is 11.1. The van der Waals surface area contributed by atoms with E-state index in [9.17, 15) is 0 Å². The van der Waals surface area contributed by atoms with E-state index in [0.29, 0.717) is 11.7 Å². The first-order valence-corrected chi connectivity index (χ1v) is 8.41. The van der Waals surface area contributed by atoms with Crippen LogP contribution in [0.1, 0.15) is 17.7 Å². The maximum absolute atomic E-state index is 5.77. The van der Waals surface area contributed by atoms with Gasteiger partial charge >= 0.3 is 0 Å². The number of nitrogens with one attached hydrogen (secondary N) is 3. The molecule has 0 unspecified atom stereocenters. The number of aromatic nitrogens is 4. The van der Waals surface area contributed by atoms with Crippen molar-refractivity contribution in [3.63, 3.8) is 0 Å². The smallest absolute Gasteiger partial charge is 0.222 e. The van der Waals surface area contributed by atoms with Gasteiger partial charge in [-0.1, -0.05) is 0 Å². The van der Waals surface area contributed by atoms with Crippen molar-refractivity contribution in [2.24, 2.45) is 0 Å². The van der Waals surface area contributed by atoms with Crippen molar-refractivity contribution in [2.75, 3.05) is 6.54 Å². The molecule has 0 amide bonds. The van der Waals surface area contributed by atoms with E-state index in [4.69, 9.17) is 23.8 Å². The standard InChI is InChI=1S/C16H17ClN6S/c17-15-20-8-4-12(23-15)2-1-6-21-16(24)22-10-11-3-7-18-14-13(11)5-9-19-14/h3-5,7-9H,1-2,6,10H2,(H,18,19)(H2,21,22,24). The Labute approximate surface area is 150 Å². The Hall–Kier alpha value is -2.25. The summed E-state index contributed by atoms with van der Waals surface area (Å²) in [6, 6.07) is 5.88. The summed E-state index contributed by atoms with van der Waals surface area (Å²) in [6.45, 7) is 1.42. The van der Waals surface area contributed by atoms with Crippen LogP contribution in [0.3, 0.4) is 0 Å². The molecule has 0 fully saturated rings. The predicted molar refractivity (Wildman–Crippen MR) is 98.9 cm³/mol. The molecule has 0 radical (unpaired) electrons. The van der Waals surface area contributed by atoms with Crippen molar-refractivity contribution in [2.45, 2.75) is 19.4 Å². The highest BCUT2D eigenvalue weighted by Gasteiger charge is 2.03. The van der Waals surface area contributed by atoms with Crippen molar-refractivity contribution in [3.8, 4) is 0 Å². The fourth-order valence-corrected chi connectivity index (χ4v) is 2.73. The van der Waals surface area contributed by atoms with Crippen LogP contribution < -0.4 is 10.6 Å². The molecule has 0 saturated heterocycles. The third-order valence-corrected chi connectivity index (χ3v) is 4.04. The van der Waals surface area contributed by atoms with E-state index < -0.39 is 0 Å². The SMILES string of the molecule is S=C(NCCCc1ccnc(Cl)n1)NCc1ccnc2[nH]ccc12. The summed E-state index contributed by atoms with van der Waals surface area (Å²) in [5.74, 6) is 0. The van der Waals surface area contributed by atoms with Gasteiger partial charge in [0.25, 0.3) is 0 Å². The highest BCUT2D eigenvalue weighted by Crippen LogP contribution is 2.14. The monoisotopic (exact) mass is 360 g/mol. The van der Waals surface area contributed by atoms with Crippen molar-refractivity contribution >= 4 is 40.0 Å². The first kappa shape index (κ1) is 16.6. The molecule has 0 atom stereocenters. The zero-order valence-corrected chi connectivity index (χ0v) is 14.5. The van der Waals surface area contributed by atoms with Gasteiger partial charge in [0.2, 0.25) is 5.28 Å². The number of nitrogens with zero attached hydrogens (tertiary/aromatic N) is 3. The number of rotatable bonds is 6. The number of thiocarbonyl (C=S) groups is 1. The van der Waals surface area contributed by atoms with E-state index in [1.807, 2.05) is 24.4 Å². The average Bonchev–Trinajstić information content (AvgIpc) is 3.06. The molecular weight excluding hydrogens is 344 g/mol. The van der Waals surface area contributed by atoms with Gasteiger partial charge in [0.05, 0.1) is 0 Å². The summed E-state index contributed by atoms with van der Waals surface area (Å²) in [7, 11) is 0. The second kappa shape index (κ2) is 8.03. The molecule has 0 saturated carbocycles. The molecule has 3 heterocycles. The quantitative estimate of drug-likeness (QED) is 0.356. The fourth-order valence-electron chi connectivity index (χ4n) is 2.39. The molecule has 8 heteroatoms. The van der Waals surface area contributed by atoms with E-state index in [1.165, 1.54) is 0 Å². The number of pyridine rings is 1. The van der Waals surface area contributed by atoms with Crippen LogP contribution in [0.2, 0.25) is 5.28 Å². The zero-order chi connectivity index (χ0) is 16.8. The number of fused-ring (bicyclic) bond motifs is 1. The second-order valence-electron chi connectivity index (χ2n) is 5.24. The first-order chi connectivity index (χ1) is 11.7. The average molecular weight is 361 g/mol. The molecule has 0 spiro atoms. The van der Waals surface area contributed by atoms with E-state index in [1.54, 1.807) is 12.4 Å². The Kier molecular flexibility index (Phi) is 5.55. The molecule has 124 valence electrons. The minimum atomic E-state index is 0.283. The van der Waals surface area contributed by atoms with E-state index in [2.05, 4.69) is 30.6 Å². The van der Waals surface area contributed by atoms with Crippen LogP contribution in [0.4, 0.5) is 0 Å². The second-order valence-corrected chi connectivity index (χ2v) is 5.99. The van der Waals surface area contributed by atoms with Gasteiger partial charge < -0.3 is 15.6 Å². The van der Waals surface area contributed by atoms with E-state index >= 15 is 0 Å². The summed E-state index contributed by atoms with van der Waals surface area (Å²) < 4.78 is 0. The zero-order valence-electron chi connectivity index (χ0n) is 12.9. The Morgan fingerprint density at radius 3 is 2.92 bits per heavy atom. The molecule has 3 N–H and O–H groups in total. The highest BCUT2D eigenvalue weighted by atomic mass is 35.5. The lowest BCUT2D eigenvalue weighted by Gasteiger charge is -2.11. The van der Waals surface area contributed by atoms with Gasteiger partial charge in [0.1, 0.15) is 5.65 Å². The number of hydrogen-bond acceptors (Lipinski definition) is 4. The lowest BCUT2D eigenvalue weighted by molar-refractivity contribution is 0.741. The van der Waals surface area contributed by atoms with Gasteiger partial charge in [0, 0.05) is 42.8 Å². The van der Waals surface area contributed by atoms with Gasteiger partial charge in [-0.15, -0.1) is 0 Å². The number of hydrogen-bond donors (Lipinski definition) is 3. The Balaban J connectivity index is 1.41. The molecule has 0 aliphatic heterocycles. The van der Waals surface area contributed by atoms with Crippen molar-refractivity contribution in [1.29, 1.82) is 0 Å². The number of aryl methyl sites for hydroxylation is 1. The summed E-state index contributed by atoms with van der Waals surface area (Å²) in [6.07, 6.45) is 7.08. The van der Waals surface area contributed by atoms with E-state index in [-0.39, 0.29) is 5.28 Å². The number of halogens is 1. The van der Waals surface area contributed by atoms with Gasteiger partial charge in [-0.25, -0.2) is 15.0 Å². The summed E-state index contributed by atoms with van der Waals surface area (Å²) in [5, 5.41) is 8.44. The van der Waals surface area contributed by atoms with Gasteiger partial charge in [-0.05, 0) is 60.4 Å². The molecule has 0 aromatic carbocycles. The lowest BCUT2D eigenvalue weighted by Crippen LogP contribution is -2.35. The van der Waals surface area contributed by atoms with Crippen LogP contribution in [0.25, 0.3) is 11.0 Å². The minimum absolute atomic E-state index is 0.283. The molecule has 24 heavy (non-hydrogen) atoms. The Morgan fingerprint density at radius 1 is 1.17 bits per heavy atom. The maximum atomic E-state index is 5.77. The normalized spacial score (nSPS) is 10.7. The van der Waals surface area contributed by atoms with Crippen LogP contribution in [0, 0.1) is 0 Å². The third kappa shape index (κ3) is 4.39. The molecule has 0 bridgehead atoms. The van der Waals surface area contributed by atoms with Crippen molar-refractivity contribution < 1.29 is 0 Å².